The van der Waals surface area contributed by atoms with Crippen molar-refractivity contribution in [2.75, 3.05) is 12.4 Å². The van der Waals surface area contributed by atoms with Crippen LogP contribution < -0.4 is 4.74 Å². The van der Waals surface area contributed by atoms with E-state index in [1.54, 1.807) is 29.7 Å². The molecule has 7 heteroatoms. The highest BCUT2D eigenvalue weighted by Crippen LogP contribution is 2.32. The third kappa shape index (κ3) is 4.90. The van der Waals surface area contributed by atoms with E-state index in [4.69, 9.17) is 14.1 Å². The maximum absolute atomic E-state index is 13.0. The Kier molecular flexibility index (Phi) is 6.79. The Hall–Kier alpha value is -2.54. The predicted octanol–water partition coefficient (Wildman–Crippen LogP) is 4.77. The topological polar surface area (TPSA) is 72.1 Å². The molecular formula is C22H26N2O4S. The molecule has 1 aromatic heterocycles. The van der Waals surface area contributed by atoms with Crippen LogP contribution in [0.1, 0.15) is 49.1 Å². The van der Waals surface area contributed by atoms with Crippen LogP contribution in [0.2, 0.25) is 0 Å². The normalized spacial score (nSPS) is 17.7. The van der Waals surface area contributed by atoms with Gasteiger partial charge < -0.3 is 9.15 Å². The summed E-state index contributed by atoms with van der Waals surface area (Å²) in [7, 11) is 0. The molecule has 29 heavy (non-hydrogen) atoms. The molecule has 154 valence electrons. The van der Waals surface area contributed by atoms with E-state index in [-0.39, 0.29) is 17.7 Å². The molecule has 6 nitrogen and oxygen atoms in total. The Bertz CT molecular complexity index is 935. The summed E-state index contributed by atoms with van der Waals surface area (Å²) in [5.41, 5.74) is 1.30. The number of benzene rings is 1. The zero-order chi connectivity index (χ0) is 21.0. The van der Waals surface area contributed by atoms with Gasteiger partial charge in [0.2, 0.25) is 5.91 Å². The lowest BCUT2D eigenvalue weighted by molar-refractivity contribution is -0.128. The molecule has 0 saturated carbocycles. The summed E-state index contributed by atoms with van der Waals surface area (Å²) in [5.74, 6) is 2.72. The van der Waals surface area contributed by atoms with Crippen LogP contribution in [0.15, 0.2) is 39.7 Å². The monoisotopic (exact) mass is 414 g/mol. The van der Waals surface area contributed by atoms with Gasteiger partial charge in [-0.3, -0.25) is 14.5 Å². The van der Waals surface area contributed by atoms with Crippen LogP contribution in [-0.2, 0) is 11.2 Å². The van der Waals surface area contributed by atoms with E-state index in [0.717, 1.165) is 11.4 Å². The summed E-state index contributed by atoms with van der Waals surface area (Å²) in [6.45, 7) is 7.78. The Morgan fingerprint density at radius 3 is 2.79 bits per heavy atom. The number of aryl methyl sites for hydroxylation is 2. The number of hydrogen-bond donors (Lipinski definition) is 0. The Labute approximate surface area is 175 Å². The lowest BCUT2D eigenvalue weighted by atomic mass is 10.1. The van der Waals surface area contributed by atoms with Crippen molar-refractivity contribution in [1.82, 2.24) is 4.90 Å². The van der Waals surface area contributed by atoms with Crippen molar-refractivity contribution >= 4 is 34.3 Å². The molecule has 1 amide bonds. The minimum atomic E-state index is -0.0317. The van der Waals surface area contributed by atoms with Gasteiger partial charge in [-0.25, -0.2) is 4.99 Å². The molecular weight excluding hydrogens is 388 g/mol. The number of thioether (sulfide) groups is 1. The van der Waals surface area contributed by atoms with Gasteiger partial charge >= 0.3 is 0 Å². The maximum atomic E-state index is 13.0. The van der Waals surface area contributed by atoms with Gasteiger partial charge in [0, 0.05) is 24.6 Å². The van der Waals surface area contributed by atoms with Gasteiger partial charge in [-0.2, -0.15) is 0 Å². The van der Waals surface area contributed by atoms with E-state index >= 15 is 0 Å². The van der Waals surface area contributed by atoms with Crippen LogP contribution in [0.5, 0.6) is 5.75 Å². The molecule has 3 rings (SSSR count). The highest BCUT2D eigenvalue weighted by atomic mass is 32.2. The quantitative estimate of drug-likeness (QED) is 0.610. The number of ether oxygens (including phenoxy) is 1. The van der Waals surface area contributed by atoms with Gasteiger partial charge in [0.15, 0.2) is 11.0 Å². The van der Waals surface area contributed by atoms with Crippen molar-refractivity contribution < 1.29 is 18.7 Å². The highest BCUT2D eigenvalue weighted by molar-refractivity contribution is 8.14. The number of aliphatic imine (C=N–C) groups is 1. The molecule has 1 unspecified atom stereocenters. The lowest BCUT2D eigenvalue weighted by Gasteiger charge is -2.21. The average molecular weight is 415 g/mol. The van der Waals surface area contributed by atoms with Crippen molar-refractivity contribution in [2.24, 2.45) is 4.99 Å². The zero-order valence-electron chi connectivity index (χ0n) is 17.2. The van der Waals surface area contributed by atoms with Gasteiger partial charge in [0.1, 0.15) is 23.0 Å². The Morgan fingerprint density at radius 1 is 1.34 bits per heavy atom. The summed E-state index contributed by atoms with van der Waals surface area (Å²) in [4.78, 5) is 31.0. The molecule has 0 spiro atoms. The van der Waals surface area contributed by atoms with Crippen LogP contribution in [-0.4, -0.2) is 40.2 Å². The molecule has 1 aliphatic rings. The first kappa shape index (κ1) is 21.2. The van der Waals surface area contributed by atoms with Crippen LogP contribution >= 0.6 is 11.8 Å². The number of amides is 1. The third-order valence-corrected chi connectivity index (χ3v) is 5.88. The fraction of sp³-hybridized carbons (Fsp3) is 0.409. The SMILES string of the molecule is CCOc1ccccc1N=C1SCC(C)N1C(=O)CCc1cc(C(C)=O)c(C)o1. The molecule has 1 aromatic carbocycles. The number of furan rings is 1. The summed E-state index contributed by atoms with van der Waals surface area (Å²) in [6.07, 6.45) is 0.741. The van der Waals surface area contributed by atoms with Crippen molar-refractivity contribution in [2.45, 2.75) is 46.6 Å². The van der Waals surface area contributed by atoms with Crippen molar-refractivity contribution in [3.05, 3.63) is 47.4 Å². The minimum Gasteiger partial charge on any atom is -0.492 e. The molecule has 1 atom stereocenters. The molecule has 0 radical (unpaired) electrons. The standard InChI is InChI=1S/C22H26N2O4S/c1-5-27-20-9-7-6-8-19(20)23-22-24(14(2)13-29-22)21(26)11-10-17-12-18(15(3)25)16(4)28-17/h6-9,12,14H,5,10-11,13H2,1-4H3. The first-order chi connectivity index (χ1) is 13.9. The fourth-order valence-corrected chi connectivity index (χ4v) is 4.39. The fourth-order valence-electron chi connectivity index (χ4n) is 3.26. The first-order valence-corrected chi connectivity index (χ1v) is 10.7. The number of carbonyl (C=O) groups excluding carboxylic acids is 2. The predicted molar refractivity (Wildman–Crippen MR) is 115 cm³/mol. The second kappa shape index (κ2) is 9.31. The molecule has 2 heterocycles. The number of rotatable bonds is 7. The third-order valence-electron chi connectivity index (χ3n) is 4.68. The van der Waals surface area contributed by atoms with Crippen molar-refractivity contribution in [3.63, 3.8) is 0 Å². The summed E-state index contributed by atoms with van der Waals surface area (Å²) >= 11 is 1.57. The number of amidine groups is 1. The maximum Gasteiger partial charge on any atom is 0.229 e. The number of hydrogen-bond acceptors (Lipinski definition) is 6. The van der Waals surface area contributed by atoms with E-state index in [1.165, 1.54) is 6.92 Å². The van der Waals surface area contributed by atoms with Crippen LogP contribution in [0.25, 0.3) is 0 Å². The second-order valence-corrected chi connectivity index (χ2v) is 7.94. The second-order valence-electron chi connectivity index (χ2n) is 6.96. The number of Topliss-reactive ketones (excluding diaryl/α,β-unsaturated/α-hetero) is 1. The smallest absolute Gasteiger partial charge is 0.229 e. The summed E-state index contributed by atoms with van der Waals surface area (Å²) in [6, 6.07) is 9.38. The van der Waals surface area contributed by atoms with E-state index < -0.39 is 0 Å². The number of nitrogens with zero attached hydrogens (tertiary/aromatic N) is 2. The minimum absolute atomic E-state index is 0.00595. The Morgan fingerprint density at radius 2 is 2.10 bits per heavy atom. The number of para-hydroxylation sites is 2. The van der Waals surface area contributed by atoms with E-state index in [0.29, 0.717) is 47.4 Å². The van der Waals surface area contributed by atoms with Crippen LogP contribution in [0.3, 0.4) is 0 Å². The summed E-state index contributed by atoms with van der Waals surface area (Å²) in [5, 5.41) is 0.690. The van der Waals surface area contributed by atoms with Gasteiger partial charge in [0.05, 0.1) is 12.2 Å². The summed E-state index contributed by atoms with van der Waals surface area (Å²) < 4.78 is 11.3. The average Bonchev–Trinajstić information content (AvgIpc) is 3.24. The van der Waals surface area contributed by atoms with Gasteiger partial charge in [-0.15, -0.1) is 0 Å². The van der Waals surface area contributed by atoms with Gasteiger partial charge in [-0.05, 0) is 45.9 Å². The van der Waals surface area contributed by atoms with Crippen molar-refractivity contribution in [3.8, 4) is 5.75 Å². The van der Waals surface area contributed by atoms with Gasteiger partial charge in [0.25, 0.3) is 0 Å². The largest absolute Gasteiger partial charge is 0.492 e. The Balaban J connectivity index is 1.75. The molecule has 1 saturated heterocycles. The number of ketones is 1. The molecule has 0 N–H and O–H groups in total. The van der Waals surface area contributed by atoms with Crippen LogP contribution in [0, 0.1) is 6.92 Å². The lowest BCUT2D eigenvalue weighted by Crippen LogP contribution is -2.37. The number of carbonyl (C=O) groups is 2. The van der Waals surface area contributed by atoms with Crippen LogP contribution in [0.4, 0.5) is 5.69 Å². The van der Waals surface area contributed by atoms with E-state index in [2.05, 4.69) is 0 Å². The highest BCUT2D eigenvalue weighted by Gasteiger charge is 2.32. The van der Waals surface area contributed by atoms with Crippen molar-refractivity contribution in [1.29, 1.82) is 0 Å². The molecule has 1 aliphatic heterocycles. The molecule has 0 bridgehead atoms. The zero-order valence-corrected chi connectivity index (χ0v) is 18.0. The molecule has 1 fully saturated rings. The van der Waals surface area contributed by atoms with E-state index in [1.807, 2.05) is 38.1 Å². The van der Waals surface area contributed by atoms with Gasteiger partial charge in [-0.1, -0.05) is 23.9 Å². The van der Waals surface area contributed by atoms with E-state index in [9.17, 15) is 9.59 Å². The molecule has 2 aromatic rings. The first-order valence-electron chi connectivity index (χ1n) is 9.76. The molecule has 0 aliphatic carbocycles.